The van der Waals surface area contributed by atoms with E-state index in [4.69, 9.17) is 15.6 Å². The monoisotopic (exact) mass is 266 g/mol. The maximum Gasteiger partial charge on any atom is 0.325 e. The molecule has 104 valence electrons. The lowest BCUT2D eigenvalue weighted by atomic mass is 10.2. The van der Waals surface area contributed by atoms with Crippen LogP contribution in [0.3, 0.4) is 0 Å². The average molecular weight is 266 g/mol. The summed E-state index contributed by atoms with van der Waals surface area (Å²) in [6.07, 6.45) is 0. The van der Waals surface area contributed by atoms with Crippen LogP contribution in [0.5, 0.6) is 0 Å². The molecule has 6 heteroatoms. The third-order valence-electron chi connectivity index (χ3n) is 2.47. The highest BCUT2D eigenvalue weighted by Gasteiger charge is 2.19. The molecule has 19 heavy (non-hydrogen) atoms. The molecule has 1 aromatic carbocycles. The van der Waals surface area contributed by atoms with Gasteiger partial charge in [0.15, 0.2) is 0 Å². The Morgan fingerprint density at radius 1 is 1.37 bits per heavy atom. The molecule has 6 nitrogen and oxygen atoms in total. The van der Waals surface area contributed by atoms with Crippen LogP contribution in [-0.2, 0) is 20.9 Å². The Morgan fingerprint density at radius 2 is 2.00 bits per heavy atom. The van der Waals surface area contributed by atoms with Crippen molar-refractivity contribution < 1.29 is 19.4 Å². The third kappa shape index (κ3) is 5.50. The number of aliphatic carboxylic acids is 1. The zero-order chi connectivity index (χ0) is 14.3. The van der Waals surface area contributed by atoms with Gasteiger partial charge in [-0.25, -0.2) is 0 Å². The molecule has 0 heterocycles. The molecule has 0 fully saturated rings. The van der Waals surface area contributed by atoms with E-state index in [1.165, 1.54) is 6.92 Å². The number of carbonyl (C=O) groups is 2. The Kier molecular flexibility index (Phi) is 5.98. The molecule has 0 bridgehead atoms. The number of hydrogen-bond acceptors (Lipinski definition) is 4. The maximum absolute atomic E-state index is 11.5. The molecular formula is C13H18N2O4. The van der Waals surface area contributed by atoms with Crippen molar-refractivity contribution in [1.82, 2.24) is 5.32 Å². The maximum atomic E-state index is 11.5. The molecule has 0 radical (unpaired) electrons. The molecule has 0 saturated carbocycles. The summed E-state index contributed by atoms with van der Waals surface area (Å²) >= 11 is 0. The van der Waals surface area contributed by atoms with Crippen LogP contribution >= 0.6 is 0 Å². The van der Waals surface area contributed by atoms with Crippen LogP contribution in [0.4, 0.5) is 0 Å². The van der Waals surface area contributed by atoms with Crippen molar-refractivity contribution in [2.45, 2.75) is 25.6 Å². The molecule has 0 aliphatic carbocycles. The average Bonchev–Trinajstić information content (AvgIpc) is 2.39. The fraction of sp³-hybridized carbons (Fsp3) is 0.385. The van der Waals surface area contributed by atoms with Crippen molar-refractivity contribution in [3.63, 3.8) is 0 Å². The van der Waals surface area contributed by atoms with E-state index in [0.29, 0.717) is 6.61 Å². The number of nitrogens with two attached hydrogens (primary N) is 1. The van der Waals surface area contributed by atoms with Gasteiger partial charge in [0, 0.05) is 0 Å². The fourth-order valence-corrected chi connectivity index (χ4v) is 1.34. The normalized spacial score (nSPS) is 13.6. The van der Waals surface area contributed by atoms with Crippen LogP contribution in [0.1, 0.15) is 12.5 Å². The number of carboxylic acid groups (broad SMARTS) is 1. The number of carboxylic acids is 1. The lowest BCUT2D eigenvalue weighted by molar-refractivity contribution is -0.141. The van der Waals surface area contributed by atoms with Crippen LogP contribution in [-0.4, -0.2) is 35.7 Å². The minimum absolute atomic E-state index is 0.0348. The number of ether oxygens (including phenoxy) is 1. The Hall–Kier alpha value is -1.92. The summed E-state index contributed by atoms with van der Waals surface area (Å²) in [5, 5.41) is 10.9. The molecule has 4 N–H and O–H groups in total. The van der Waals surface area contributed by atoms with Crippen molar-refractivity contribution in [3.8, 4) is 0 Å². The van der Waals surface area contributed by atoms with Crippen molar-refractivity contribution in [2.75, 3.05) is 6.61 Å². The minimum Gasteiger partial charge on any atom is -0.480 e. The zero-order valence-corrected chi connectivity index (χ0v) is 10.7. The quantitative estimate of drug-likeness (QED) is 0.650. The fourth-order valence-electron chi connectivity index (χ4n) is 1.34. The summed E-state index contributed by atoms with van der Waals surface area (Å²) in [6.45, 7) is 1.77. The van der Waals surface area contributed by atoms with E-state index in [2.05, 4.69) is 5.32 Å². The van der Waals surface area contributed by atoms with Gasteiger partial charge in [-0.1, -0.05) is 30.3 Å². The number of rotatable bonds is 7. The molecule has 0 aliphatic heterocycles. The highest BCUT2D eigenvalue weighted by Crippen LogP contribution is 2.00. The van der Waals surface area contributed by atoms with E-state index in [9.17, 15) is 9.59 Å². The predicted molar refractivity (Wildman–Crippen MR) is 69.3 cm³/mol. The standard InChI is InChI=1S/C13H18N2O4/c1-9(13(17)18)15-12(16)11(14)8-19-7-10-5-3-2-4-6-10/h2-6,9,11H,7-8,14H2,1H3,(H,15,16)(H,17,18)/t9-,11-/m0/s1. The van der Waals surface area contributed by atoms with Gasteiger partial charge in [0.05, 0.1) is 13.2 Å². The largest absolute Gasteiger partial charge is 0.480 e. The molecule has 0 unspecified atom stereocenters. The van der Waals surface area contributed by atoms with Crippen LogP contribution in [0.15, 0.2) is 30.3 Å². The van der Waals surface area contributed by atoms with Gasteiger partial charge in [-0.05, 0) is 12.5 Å². The molecule has 0 spiro atoms. The van der Waals surface area contributed by atoms with Gasteiger partial charge in [-0.2, -0.15) is 0 Å². The second kappa shape index (κ2) is 7.50. The molecule has 1 amide bonds. The first-order chi connectivity index (χ1) is 9.00. The molecule has 0 saturated heterocycles. The van der Waals surface area contributed by atoms with Gasteiger partial charge in [0.25, 0.3) is 0 Å². The van der Waals surface area contributed by atoms with Crippen LogP contribution < -0.4 is 11.1 Å². The van der Waals surface area contributed by atoms with Crippen LogP contribution in [0.25, 0.3) is 0 Å². The molecule has 1 rings (SSSR count). The number of carbonyl (C=O) groups excluding carboxylic acids is 1. The van der Waals surface area contributed by atoms with Gasteiger partial charge in [0.2, 0.25) is 5.91 Å². The van der Waals surface area contributed by atoms with E-state index in [1.807, 2.05) is 30.3 Å². The molecule has 0 aromatic heterocycles. The van der Waals surface area contributed by atoms with Crippen LogP contribution in [0, 0.1) is 0 Å². The smallest absolute Gasteiger partial charge is 0.325 e. The van der Waals surface area contributed by atoms with Crippen molar-refractivity contribution in [1.29, 1.82) is 0 Å². The van der Waals surface area contributed by atoms with Gasteiger partial charge < -0.3 is 20.9 Å². The SMILES string of the molecule is C[C@H](NC(=O)[C@@H](N)COCc1ccccc1)C(=O)O. The summed E-state index contributed by atoms with van der Waals surface area (Å²) in [7, 11) is 0. The molecule has 1 aromatic rings. The summed E-state index contributed by atoms with van der Waals surface area (Å²) < 4.78 is 5.31. The van der Waals surface area contributed by atoms with Crippen molar-refractivity contribution in [3.05, 3.63) is 35.9 Å². The first-order valence-corrected chi connectivity index (χ1v) is 5.91. The first-order valence-electron chi connectivity index (χ1n) is 5.91. The minimum atomic E-state index is -1.11. The lowest BCUT2D eigenvalue weighted by Crippen LogP contribution is -2.49. The summed E-state index contributed by atoms with van der Waals surface area (Å²) in [4.78, 5) is 22.1. The summed E-state index contributed by atoms with van der Waals surface area (Å²) in [5.74, 6) is -1.64. The Balaban J connectivity index is 2.29. The van der Waals surface area contributed by atoms with Gasteiger partial charge in [-0.15, -0.1) is 0 Å². The number of nitrogens with one attached hydrogen (secondary N) is 1. The topological polar surface area (TPSA) is 102 Å². The zero-order valence-electron chi connectivity index (χ0n) is 10.7. The highest BCUT2D eigenvalue weighted by molar-refractivity contribution is 5.86. The second-order valence-electron chi connectivity index (χ2n) is 4.18. The van der Waals surface area contributed by atoms with Crippen molar-refractivity contribution >= 4 is 11.9 Å². The Morgan fingerprint density at radius 3 is 2.58 bits per heavy atom. The van der Waals surface area contributed by atoms with E-state index in [0.717, 1.165) is 5.56 Å². The number of benzene rings is 1. The van der Waals surface area contributed by atoms with Crippen molar-refractivity contribution in [2.24, 2.45) is 5.73 Å². The molecule has 2 atom stereocenters. The van der Waals surface area contributed by atoms with E-state index in [-0.39, 0.29) is 6.61 Å². The second-order valence-corrected chi connectivity index (χ2v) is 4.18. The van der Waals surface area contributed by atoms with Gasteiger partial charge in [-0.3, -0.25) is 9.59 Å². The Labute approximate surface area is 111 Å². The number of hydrogen-bond donors (Lipinski definition) is 3. The molecular weight excluding hydrogens is 248 g/mol. The lowest BCUT2D eigenvalue weighted by Gasteiger charge is -2.15. The first kappa shape index (κ1) is 15.1. The van der Waals surface area contributed by atoms with Gasteiger partial charge >= 0.3 is 5.97 Å². The summed E-state index contributed by atoms with van der Waals surface area (Å²) in [5.41, 5.74) is 6.58. The number of amides is 1. The summed E-state index contributed by atoms with van der Waals surface area (Å²) in [6, 6.07) is 7.63. The van der Waals surface area contributed by atoms with E-state index in [1.54, 1.807) is 0 Å². The van der Waals surface area contributed by atoms with E-state index >= 15 is 0 Å². The third-order valence-corrected chi connectivity index (χ3v) is 2.47. The highest BCUT2D eigenvalue weighted by atomic mass is 16.5. The van der Waals surface area contributed by atoms with Gasteiger partial charge in [0.1, 0.15) is 12.1 Å². The molecule has 0 aliphatic rings. The van der Waals surface area contributed by atoms with E-state index < -0.39 is 24.0 Å². The Bertz CT molecular complexity index is 422. The van der Waals surface area contributed by atoms with Crippen LogP contribution in [0.2, 0.25) is 0 Å². The predicted octanol–water partition coefficient (Wildman–Crippen LogP) is 0.120.